The van der Waals surface area contributed by atoms with Gasteiger partial charge in [0.2, 0.25) is 5.91 Å². The quantitative estimate of drug-likeness (QED) is 0.305. The van der Waals surface area contributed by atoms with Crippen LogP contribution in [0.4, 0.5) is 5.69 Å². The number of hydrogen-bond acceptors (Lipinski definition) is 5. The first-order valence-electron chi connectivity index (χ1n) is 11.0. The number of aliphatic hydroxyl groups is 1. The summed E-state index contributed by atoms with van der Waals surface area (Å²) >= 11 is 0. The molecule has 0 saturated carbocycles. The number of anilines is 1. The van der Waals surface area contributed by atoms with Gasteiger partial charge in [0.05, 0.1) is 25.2 Å². The molecule has 1 amide bonds. The minimum Gasteiger partial charge on any atom is -0.497 e. The minimum atomic E-state index is -0.624. The van der Waals surface area contributed by atoms with Gasteiger partial charge in [-0.3, -0.25) is 9.59 Å². The Bertz CT molecular complexity index is 1100. The minimum absolute atomic E-state index is 0.0227. The normalized spacial score (nSPS) is 18.4. The van der Waals surface area contributed by atoms with Crippen molar-refractivity contribution in [3.63, 3.8) is 0 Å². The summed E-state index contributed by atoms with van der Waals surface area (Å²) in [5.74, 6) is 0.564. The first-order chi connectivity index (χ1) is 16.0. The molecule has 0 aliphatic carbocycles. The van der Waals surface area contributed by atoms with E-state index < -0.39 is 6.10 Å². The van der Waals surface area contributed by atoms with Gasteiger partial charge >= 0.3 is 5.97 Å². The monoisotopic (exact) mass is 445 g/mol. The number of carbonyl (C=O) groups is 2. The molecule has 3 aromatic rings. The highest BCUT2D eigenvalue weighted by molar-refractivity contribution is 6.03. The lowest BCUT2D eigenvalue weighted by Crippen LogP contribution is -2.55. The first-order valence-corrected chi connectivity index (χ1v) is 11.0. The summed E-state index contributed by atoms with van der Waals surface area (Å²) in [5.41, 5.74) is 2.58. The Morgan fingerprint density at radius 3 is 2.21 bits per heavy atom. The molecule has 3 atom stereocenters. The standard InChI is InChI=1S/C27H27NO5/c1-18(29)33-23-12-8-20(9-13-23)26-24(16-17-25(30)19-6-4-3-5-7-19)27(31)28(26)21-10-14-22(32-2)15-11-21/h3-15,24-26,30H,16-17H2,1-2H3/t24-,25-,26-/m1/s1. The summed E-state index contributed by atoms with van der Waals surface area (Å²) < 4.78 is 10.4. The Labute approximate surface area is 193 Å². The van der Waals surface area contributed by atoms with E-state index in [2.05, 4.69) is 0 Å². The van der Waals surface area contributed by atoms with Gasteiger partial charge < -0.3 is 19.5 Å². The number of ether oxygens (including phenoxy) is 2. The SMILES string of the molecule is COc1ccc(N2C(=O)[C@H](CC[C@@H](O)c3ccccc3)[C@H]2c2ccc(OC(C)=O)cc2)cc1. The third-order valence-electron chi connectivity index (χ3n) is 5.98. The molecule has 1 aliphatic heterocycles. The van der Waals surface area contributed by atoms with E-state index in [1.165, 1.54) is 6.92 Å². The molecule has 0 spiro atoms. The zero-order chi connectivity index (χ0) is 23.4. The maximum Gasteiger partial charge on any atom is 0.308 e. The van der Waals surface area contributed by atoms with Crippen LogP contribution in [0.25, 0.3) is 0 Å². The highest BCUT2D eigenvalue weighted by Gasteiger charge is 2.48. The highest BCUT2D eigenvalue weighted by Crippen LogP contribution is 2.46. The largest absolute Gasteiger partial charge is 0.497 e. The Balaban J connectivity index is 1.56. The van der Waals surface area contributed by atoms with E-state index in [9.17, 15) is 14.7 Å². The second-order valence-electron chi connectivity index (χ2n) is 8.12. The molecule has 6 heteroatoms. The first kappa shape index (κ1) is 22.6. The van der Waals surface area contributed by atoms with E-state index in [0.717, 1.165) is 22.6 Å². The number of esters is 1. The molecule has 33 heavy (non-hydrogen) atoms. The molecule has 1 fully saturated rings. The Kier molecular flexibility index (Phi) is 6.75. The van der Waals surface area contributed by atoms with E-state index in [1.54, 1.807) is 24.1 Å². The summed E-state index contributed by atoms with van der Waals surface area (Å²) in [4.78, 5) is 26.2. The van der Waals surface area contributed by atoms with Gasteiger partial charge in [-0.2, -0.15) is 0 Å². The molecule has 1 N–H and O–H groups in total. The third kappa shape index (κ3) is 4.91. The lowest BCUT2D eigenvalue weighted by molar-refractivity contribution is -0.132. The molecule has 170 valence electrons. The Morgan fingerprint density at radius 1 is 0.970 bits per heavy atom. The molecule has 0 bridgehead atoms. The van der Waals surface area contributed by atoms with Crippen molar-refractivity contribution < 1.29 is 24.2 Å². The fourth-order valence-electron chi connectivity index (χ4n) is 4.32. The molecule has 3 aromatic carbocycles. The number of rotatable bonds is 8. The van der Waals surface area contributed by atoms with Crippen LogP contribution in [0, 0.1) is 5.92 Å². The molecule has 1 heterocycles. The predicted octanol–water partition coefficient (Wildman–Crippen LogP) is 4.84. The number of aliphatic hydroxyl groups excluding tert-OH is 1. The predicted molar refractivity (Wildman–Crippen MR) is 125 cm³/mol. The van der Waals surface area contributed by atoms with Crippen molar-refractivity contribution in [1.29, 1.82) is 0 Å². The highest BCUT2D eigenvalue weighted by atomic mass is 16.5. The Morgan fingerprint density at radius 2 is 1.61 bits per heavy atom. The average molecular weight is 446 g/mol. The summed E-state index contributed by atoms with van der Waals surface area (Å²) in [5, 5.41) is 10.6. The van der Waals surface area contributed by atoms with Crippen LogP contribution in [0.15, 0.2) is 78.9 Å². The van der Waals surface area contributed by atoms with E-state index in [1.807, 2.05) is 66.7 Å². The fourth-order valence-corrected chi connectivity index (χ4v) is 4.32. The van der Waals surface area contributed by atoms with Gasteiger partial charge in [0.1, 0.15) is 11.5 Å². The number of benzene rings is 3. The number of amides is 1. The van der Waals surface area contributed by atoms with Crippen molar-refractivity contribution in [1.82, 2.24) is 0 Å². The molecule has 1 saturated heterocycles. The topological polar surface area (TPSA) is 76.1 Å². The summed E-state index contributed by atoms with van der Waals surface area (Å²) in [6.45, 7) is 1.36. The molecule has 6 nitrogen and oxygen atoms in total. The summed E-state index contributed by atoms with van der Waals surface area (Å²) in [7, 11) is 1.60. The van der Waals surface area contributed by atoms with Gasteiger partial charge in [-0.15, -0.1) is 0 Å². The maximum atomic E-state index is 13.2. The molecule has 0 unspecified atom stereocenters. The Hall–Kier alpha value is -3.64. The van der Waals surface area contributed by atoms with Crippen molar-refractivity contribution in [3.05, 3.63) is 90.0 Å². The molecular weight excluding hydrogens is 418 g/mol. The van der Waals surface area contributed by atoms with Gasteiger partial charge in [-0.1, -0.05) is 42.5 Å². The zero-order valence-corrected chi connectivity index (χ0v) is 18.7. The van der Waals surface area contributed by atoms with Crippen LogP contribution in [0.1, 0.15) is 43.0 Å². The van der Waals surface area contributed by atoms with Gasteiger partial charge in [-0.05, 0) is 60.4 Å². The molecular formula is C27H27NO5. The lowest BCUT2D eigenvalue weighted by atomic mass is 9.78. The molecule has 0 radical (unpaired) electrons. The van der Waals surface area contributed by atoms with E-state index in [0.29, 0.717) is 18.6 Å². The van der Waals surface area contributed by atoms with E-state index in [-0.39, 0.29) is 23.8 Å². The fraction of sp³-hybridized carbons (Fsp3) is 0.259. The third-order valence-corrected chi connectivity index (χ3v) is 5.98. The van der Waals surface area contributed by atoms with Crippen molar-refractivity contribution in [2.45, 2.75) is 31.9 Å². The molecule has 0 aromatic heterocycles. The van der Waals surface area contributed by atoms with Crippen LogP contribution in [0.3, 0.4) is 0 Å². The van der Waals surface area contributed by atoms with Gasteiger partial charge in [0.25, 0.3) is 0 Å². The van der Waals surface area contributed by atoms with Gasteiger partial charge in [-0.25, -0.2) is 0 Å². The zero-order valence-electron chi connectivity index (χ0n) is 18.7. The average Bonchev–Trinajstić information content (AvgIpc) is 2.83. The van der Waals surface area contributed by atoms with E-state index >= 15 is 0 Å². The van der Waals surface area contributed by atoms with Crippen molar-refractivity contribution >= 4 is 17.6 Å². The molecule has 1 aliphatic rings. The number of carbonyl (C=O) groups excluding carboxylic acids is 2. The maximum absolute atomic E-state index is 13.2. The van der Waals surface area contributed by atoms with Crippen LogP contribution < -0.4 is 14.4 Å². The summed E-state index contributed by atoms with van der Waals surface area (Å²) in [6.07, 6.45) is 0.414. The van der Waals surface area contributed by atoms with Crippen LogP contribution in [-0.4, -0.2) is 24.1 Å². The molecule has 4 rings (SSSR count). The van der Waals surface area contributed by atoms with Crippen molar-refractivity contribution in [2.24, 2.45) is 5.92 Å². The number of methoxy groups -OCH3 is 1. The smallest absolute Gasteiger partial charge is 0.308 e. The van der Waals surface area contributed by atoms with Gasteiger partial charge in [0.15, 0.2) is 0 Å². The van der Waals surface area contributed by atoms with Crippen LogP contribution >= 0.6 is 0 Å². The van der Waals surface area contributed by atoms with E-state index in [4.69, 9.17) is 9.47 Å². The van der Waals surface area contributed by atoms with Crippen molar-refractivity contribution in [2.75, 3.05) is 12.0 Å². The lowest BCUT2D eigenvalue weighted by Gasteiger charge is -2.48. The van der Waals surface area contributed by atoms with Crippen molar-refractivity contribution in [3.8, 4) is 11.5 Å². The van der Waals surface area contributed by atoms with Crippen LogP contribution in [0.5, 0.6) is 11.5 Å². The second-order valence-corrected chi connectivity index (χ2v) is 8.12. The number of nitrogens with zero attached hydrogens (tertiary/aromatic N) is 1. The summed E-state index contributed by atoms with van der Waals surface area (Å²) in [6, 6.07) is 23.9. The van der Waals surface area contributed by atoms with Gasteiger partial charge in [0, 0.05) is 12.6 Å². The number of β-lactam (4-membered cyclic amide) rings is 1. The van der Waals surface area contributed by atoms with Crippen LogP contribution in [0.2, 0.25) is 0 Å². The second kappa shape index (κ2) is 9.88. The number of hydrogen-bond donors (Lipinski definition) is 1. The van der Waals surface area contributed by atoms with Crippen LogP contribution in [-0.2, 0) is 9.59 Å².